The molecule has 0 aliphatic carbocycles. The third-order valence-electron chi connectivity index (χ3n) is 4.15. The van der Waals surface area contributed by atoms with Gasteiger partial charge in [-0.25, -0.2) is 8.42 Å². The number of sulfone groups is 1. The van der Waals surface area contributed by atoms with E-state index in [4.69, 9.17) is 11.6 Å². The summed E-state index contributed by atoms with van der Waals surface area (Å²) >= 11 is 5.76. The lowest BCUT2D eigenvalue weighted by molar-refractivity contribution is -0.135. The Labute approximate surface area is 163 Å². The van der Waals surface area contributed by atoms with Crippen LogP contribution >= 0.6 is 11.6 Å². The van der Waals surface area contributed by atoms with Gasteiger partial charge in [0.2, 0.25) is 11.8 Å². The summed E-state index contributed by atoms with van der Waals surface area (Å²) in [6.45, 7) is 1.95. The second-order valence-corrected chi connectivity index (χ2v) is 9.02. The van der Waals surface area contributed by atoms with Gasteiger partial charge in [0.15, 0.2) is 9.84 Å². The van der Waals surface area contributed by atoms with Gasteiger partial charge in [-0.1, -0.05) is 11.6 Å². The van der Waals surface area contributed by atoms with Crippen molar-refractivity contribution in [3.63, 3.8) is 0 Å². The fourth-order valence-corrected chi connectivity index (χ4v) is 3.90. The molecule has 0 aromatic heterocycles. The highest BCUT2D eigenvalue weighted by molar-refractivity contribution is 7.91. The summed E-state index contributed by atoms with van der Waals surface area (Å²) in [4.78, 5) is 37.6. The molecule has 1 aliphatic rings. The van der Waals surface area contributed by atoms with Crippen molar-refractivity contribution in [2.75, 3.05) is 31.1 Å². The molecular formula is C17H22ClN3O5S. The van der Waals surface area contributed by atoms with Crippen LogP contribution in [0.3, 0.4) is 0 Å². The largest absolute Gasteiger partial charge is 0.352 e. The lowest BCUT2D eigenvalue weighted by Crippen LogP contribution is -2.51. The molecule has 1 heterocycles. The maximum atomic E-state index is 12.3. The van der Waals surface area contributed by atoms with Gasteiger partial charge < -0.3 is 15.5 Å². The van der Waals surface area contributed by atoms with Crippen molar-refractivity contribution in [2.45, 2.75) is 19.4 Å². The SMILES string of the molecule is CC(NC(=O)CCNC(=O)c1ccc(Cl)cc1)C(=O)N1CCS(=O)(=O)CC1. The van der Waals surface area contributed by atoms with Crippen molar-refractivity contribution in [1.82, 2.24) is 15.5 Å². The van der Waals surface area contributed by atoms with E-state index in [1.54, 1.807) is 31.2 Å². The number of nitrogens with zero attached hydrogens (tertiary/aromatic N) is 1. The number of rotatable bonds is 6. The number of benzene rings is 1. The summed E-state index contributed by atoms with van der Waals surface area (Å²) < 4.78 is 22.8. The van der Waals surface area contributed by atoms with E-state index in [0.29, 0.717) is 10.6 Å². The van der Waals surface area contributed by atoms with Crippen molar-refractivity contribution in [3.05, 3.63) is 34.9 Å². The van der Waals surface area contributed by atoms with Gasteiger partial charge in [-0.2, -0.15) is 0 Å². The summed E-state index contributed by atoms with van der Waals surface area (Å²) in [5.74, 6) is -1.13. The number of halogens is 1. The van der Waals surface area contributed by atoms with Crippen molar-refractivity contribution in [2.24, 2.45) is 0 Å². The molecular weight excluding hydrogens is 394 g/mol. The molecule has 0 radical (unpaired) electrons. The minimum atomic E-state index is -3.07. The van der Waals surface area contributed by atoms with Gasteiger partial charge in [0.05, 0.1) is 11.5 Å². The van der Waals surface area contributed by atoms with Crippen LogP contribution in [0.4, 0.5) is 0 Å². The number of carbonyl (C=O) groups is 3. The predicted octanol–water partition coefficient (Wildman–Crippen LogP) is 0.222. The minimum Gasteiger partial charge on any atom is -0.352 e. The monoisotopic (exact) mass is 415 g/mol. The first-order valence-electron chi connectivity index (χ1n) is 8.50. The molecule has 1 aromatic rings. The van der Waals surface area contributed by atoms with E-state index in [1.807, 2.05) is 0 Å². The average Bonchev–Trinajstić information content (AvgIpc) is 2.61. The lowest BCUT2D eigenvalue weighted by atomic mass is 10.2. The molecule has 0 saturated carbocycles. The van der Waals surface area contributed by atoms with Crippen molar-refractivity contribution in [3.8, 4) is 0 Å². The number of carbonyl (C=O) groups excluding carboxylic acids is 3. The Morgan fingerprint density at radius 3 is 2.33 bits per heavy atom. The molecule has 1 atom stereocenters. The highest BCUT2D eigenvalue weighted by Gasteiger charge is 2.28. The topological polar surface area (TPSA) is 113 Å². The van der Waals surface area contributed by atoms with Gasteiger partial charge in [0.25, 0.3) is 5.91 Å². The molecule has 0 spiro atoms. The molecule has 10 heteroatoms. The molecule has 0 bridgehead atoms. The van der Waals surface area contributed by atoms with Crippen LogP contribution in [0, 0.1) is 0 Å². The number of hydrogen-bond acceptors (Lipinski definition) is 5. The van der Waals surface area contributed by atoms with Crippen LogP contribution in [0.15, 0.2) is 24.3 Å². The molecule has 1 aromatic carbocycles. The Hall–Kier alpha value is -2.13. The Morgan fingerprint density at radius 2 is 1.74 bits per heavy atom. The van der Waals surface area contributed by atoms with Crippen molar-refractivity contribution < 1.29 is 22.8 Å². The smallest absolute Gasteiger partial charge is 0.251 e. The van der Waals surface area contributed by atoms with Gasteiger partial charge in [-0.05, 0) is 31.2 Å². The van der Waals surface area contributed by atoms with E-state index in [2.05, 4.69) is 10.6 Å². The third kappa shape index (κ3) is 6.51. The second-order valence-electron chi connectivity index (χ2n) is 6.28. The van der Waals surface area contributed by atoms with Crippen LogP contribution in [0.25, 0.3) is 0 Å². The van der Waals surface area contributed by atoms with Gasteiger partial charge in [-0.3, -0.25) is 14.4 Å². The van der Waals surface area contributed by atoms with Gasteiger partial charge in [-0.15, -0.1) is 0 Å². The van der Waals surface area contributed by atoms with Crippen LogP contribution in [-0.4, -0.2) is 68.2 Å². The first-order chi connectivity index (χ1) is 12.7. The summed E-state index contributed by atoms with van der Waals surface area (Å²) in [5.41, 5.74) is 0.434. The Bertz CT molecular complexity index is 796. The summed E-state index contributed by atoms with van der Waals surface area (Å²) in [6, 6.07) is 5.60. The van der Waals surface area contributed by atoms with Crippen LogP contribution in [0.1, 0.15) is 23.7 Å². The Kier molecular flexibility index (Phi) is 7.20. The van der Waals surface area contributed by atoms with Gasteiger partial charge >= 0.3 is 0 Å². The zero-order valence-corrected chi connectivity index (χ0v) is 16.5. The third-order valence-corrected chi connectivity index (χ3v) is 6.01. The zero-order valence-electron chi connectivity index (χ0n) is 14.9. The Morgan fingerprint density at radius 1 is 1.15 bits per heavy atom. The van der Waals surface area contributed by atoms with E-state index in [9.17, 15) is 22.8 Å². The highest BCUT2D eigenvalue weighted by Crippen LogP contribution is 2.09. The lowest BCUT2D eigenvalue weighted by Gasteiger charge is -2.29. The molecule has 148 valence electrons. The molecule has 1 fully saturated rings. The molecule has 27 heavy (non-hydrogen) atoms. The standard InChI is InChI=1S/C17H22ClN3O5S/c1-12(17(24)21-8-10-27(25,26)11-9-21)20-15(22)6-7-19-16(23)13-2-4-14(18)5-3-13/h2-5,12H,6-11H2,1H3,(H,19,23)(H,20,22). The predicted molar refractivity (Wildman–Crippen MR) is 101 cm³/mol. The maximum Gasteiger partial charge on any atom is 0.251 e. The zero-order chi connectivity index (χ0) is 20.0. The number of hydrogen-bond donors (Lipinski definition) is 2. The maximum absolute atomic E-state index is 12.3. The van der Waals surface area contributed by atoms with E-state index in [-0.39, 0.29) is 55.3 Å². The van der Waals surface area contributed by atoms with E-state index < -0.39 is 15.9 Å². The molecule has 1 aliphatic heterocycles. The molecule has 3 amide bonds. The molecule has 2 rings (SSSR count). The molecule has 8 nitrogen and oxygen atoms in total. The van der Waals surface area contributed by atoms with E-state index >= 15 is 0 Å². The fraction of sp³-hybridized carbons (Fsp3) is 0.471. The normalized spacial score (nSPS) is 17.0. The Balaban J connectivity index is 1.72. The quantitative estimate of drug-likeness (QED) is 0.690. The highest BCUT2D eigenvalue weighted by atomic mass is 35.5. The van der Waals surface area contributed by atoms with Crippen LogP contribution in [0.2, 0.25) is 5.02 Å². The van der Waals surface area contributed by atoms with Crippen molar-refractivity contribution in [1.29, 1.82) is 0 Å². The van der Waals surface area contributed by atoms with Gasteiger partial charge in [0.1, 0.15) is 6.04 Å². The summed E-state index contributed by atoms with van der Waals surface area (Å²) in [6.07, 6.45) is 0.0192. The number of amides is 3. The first-order valence-corrected chi connectivity index (χ1v) is 10.7. The van der Waals surface area contributed by atoms with Crippen LogP contribution in [0.5, 0.6) is 0 Å². The molecule has 1 saturated heterocycles. The summed E-state index contributed by atoms with van der Waals surface area (Å²) in [5, 5.41) is 5.71. The second kappa shape index (κ2) is 9.18. The van der Waals surface area contributed by atoms with Crippen molar-refractivity contribution >= 4 is 39.2 Å². The van der Waals surface area contributed by atoms with Crippen LogP contribution < -0.4 is 10.6 Å². The van der Waals surface area contributed by atoms with E-state index in [1.165, 1.54) is 4.90 Å². The molecule has 2 N–H and O–H groups in total. The van der Waals surface area contributed by atoms with Crippen LogP contribution in [-0.2, 0) is 19.4 Å². The average molecular weight is 416 g/mol. The fourth-order valence-electron chi connectivity index (χ4n) is 2.57. The molecule has 1 unspecified atom stereocenters. The first kappa shape index (κ1) is 21.2. The van der Waals surface area contributed by atoms with Gasteiger partial charge in [0, 0.05) is 36.6 Å². The number of nitrogens with one attached hydrogen (secondary N) is 2. The van der Waals surface area contributed by atoms with E-state index in [0.717, 1.165) is 0 Å². The minimum absolute atomic E-state index is 0.0192. The summed E-state index contributed by atoms with van der Waals surface area (Å²) in [7, 11) is -3.07.